The first-order valence-corrected chi connectivity index (χ1v) is 6.77. The molecule has 0 bridgehead atoms. The van der Waals surface area contributed by atoms with Crippen molar-refractivity contribution in [3.8, 4) is 0 Å². The van der Waals surface area contributed by atoms with Crippen molar-refractivity contribution in [3.05, 3.63) is 35.9 Å². The van der Waals surface area contributed by atoms with E-state index in [0.29, 0.717) is 12.0 Å². The molecular weight excluding hydrogens is 260 g/mol. The Balaban J connectivity index is 1.49. The van der Waals surface area contributed by atoms with Crippen molar-refractivity contribution in [2.75, 3.05) is 6.61 Å². The lowest BCUT2D eigenvalue weighted by molar-refractivity contribution is -0.207. The molecule has 3 atom stereocenters. The molecule has 2 heterocycles. The highest BCUT2D eigenvalue weighted by atomic mass is 16.8. The molecule has 5 heteroatoms. The van der Waals surface area contributed by atoms with Crippen molar-refractivity contribution >= 4 is 5.97 Å². The molecule has 5 nitrogen and oxygen atoms in total. The molecule has 0 N–H and O–H groups in total. The van der Waals surface area contributed by atoms with Crippen LogP contribution in [0, 0.1) is 0 Å². The third-order valence-corrected chi connectivity index (χ3v) is 3.37. The van der Waals surface area contributed by atoms with Gasteiger partial charge in [0.15, 0.2) is 12.1 Å². The minimum atomic E-state index is -0.596. The van der Waals surface area contributed by atoms with Gasteiger partial charge in [-0.1, -0.05) is 18.2 Å². The summed E-state index contributed by atoms with van der Waals surface area (Å²) in [6.07, 6.45) is 0.0699. The van der Waals surface area contributed by atoms with Crippen LogP contribution >= 0.6 is 0 Å². The van der Waals surface area contributed by atoms with Gasteiger partial charge in [-0.25, -0.2) is 4.79 Å². The number of carbonyl (C=O) groups excluding carboxylic acids is 1. The number of fused-ring (bicyclic) bond motifs is 1. The standard InChI is InChI=1S/C15H18O5/c1-15(2)19-12-8-11(18-14(12)20-15)9-17-13(16)10-6-4-3-5-7-10/h3-7,11-12,14H,8-9H2,1-2H3/t11-,12?,14-/m0/s1. The second-order valence-corrected chi connectivity index (χ2v) is 5.50. The van der Waals surface area contributed by atoms with E-state index in [1.165, 1.54) is 0 Å². The van der Waals surface area contributed by atoms with Crippen LogP contribution in [0.25, 0.3) is 0 Å². The Labute approximate surface area is 117 Å². The maximum absolute atomic E-state index is 11.8. The van der Waals surface area contributed by atoms with E-state index in [1.54, 1.807) is 24.3 Å². The third-order valence-electron chi connectivity index (χ3n) is 3.37. The number of hydrogen-bond donors (Lipinski definition) is 0. The topological polar surface area (TPSA) is 54.0 Å². The van der Waals surface area contributed by atoms with Gasteiger partial charge in [0.1, 0.15) is 12.7 Å². The summed E-state index contributed by atoms with van der Waals surface area (Å²) >= 11 is 0. The predicted octanol–water partition coefficient (Wildman–Crippen LogP) is 2.11. The number of ether oxygens (including phenoxy) is 4. The smallest absolute Gasteiger partial charge is 0.338 e. The Morgan fingerprint density at radius 2 is 2.05 bits per heavy atom. The number of rotatable bonds is 3. The number of hydrogen-bond acceptors (Lipinski definition) is 5. The molecule has 2 saturated heterocycles. The molecule has 2 aliphatic rings. The molecule has 0 aliphatic carbocycles. The van der Waals surface area contributed by atoms with Gasteiger partial charge in [0, 0.05) is 6.42 Å². The van der Waals surface area contributed by atoms with Crippen LogP contribution < -0.4 is 0 Å². The van der Waals surface area contributed by atoms with Crippen molar-refractivity contribution in [2.45, 2.75) is 44.6 Å². The molecule has 1 unspecified atom stereocenters. The fourth-order valence-electron chi connectivity index (χ4n) is 2.52. The highest BCUT2D eigenvalue weighted by Gasteiger charge is 2.48. The lowest BCUT2D eigenvalue weighted by atomic mass is 10.2. The van der Waals surface area contributed by atoms with Gasteiger partial charge in [-0.2, -0.15) is 0 Å². The average molecular weight is 278 g/mol. The van der Waals surface area contributed by atoms with Gasteiger partial charge >= 0.3 is 5.97 Å². The van der Waals surface area contributed by atoms with Crippen LogP contribution in [-0.2, 0) is 18.9 Å². The Hall–Kier alpha value is -1.43. The minimum absolute atomic E-state index is 0.0783. The summed E-state index contributed by atoms with van der Waals surface area (Å²) in [5, 5.41) is 0. The number of esters is 1. The largest absolute Gasteiger partial charge is 0.459 e. The van der Waals surface area contributed by atoms with Gasteiger partial charge in [-0.15, -0.1) is 0 Å². The normalized spacial score (nSPS) is 31.0. The summed E-state index contributed by atoms with van der Waals surface area (Å²) in [5.41, 5.74) is 0.541. The molecule has 0 radical (unpaired) electrons. The summed E-state index contributed by atoms with van der Waals surface area (Å²) in [7, 11) is 0. The molecule has 20 heavy (non-hydrogen) atoms. The van der Waals surface area contributed by atoms with Crippen LogP contribution in [0.4, 0.5) is 0 Å². The molecule has 108 valence electrons. The molecule has 2 fully saturated rings. The Morgan fingerprint density at radius 1 is 1.30 bits per heavy atom. The monoisotopic (exact) mass is 278 g/mol. The first-order chi connectivity index (χ1) is 9.53. The predicted molar refractivity (Wildman–Crippen MR) is 70.0 cm³/mol. The van der Waals surface area contributed by atoms with Gasteiger partial charge < -0.3 is 18.9 Å². The molecule has 1 aromatic carbocycles. The Morgan fingerprint density at radius 3 is 2.75 bits per heavy atom. The van der Waals surface area contributed by atoms with Crippen molar-refractivity contribution in [1.29, 1.82) is 0 Å². The lowest BCUT2D eigenvalue weighted by Crippen LogP contribution is -2.26. The van der Waals surface area contributed by atoms with E-state index in [0.717, 1.165) is 0 Å². The van der Waals surface area contributed by atoms with Crippen molar-refractivity contribution < 1.29 is 23.7 Å². The minimum Gasteiger partial charge on any atom is -0.459 e. The van der Waals surface area contributed by atoms with E-state index < -0.39 is 5.79 Å². The first kappa shape index (κ1) is 13.5. The van der Waals surface area contributed by atoms with Crippen molar-refractivity contribution in [2.24, 2.45) is 0 Å². The molecule has 0 amide bonds. The molecule has 0 aromatic heterocycles. The maximum Gasteiger partial charge on any atom is 0.338 e. The summed E-state index contributed by atoms with van der Waals surface area (Å²) < 4.78 is 22.3. The summed E-state index contributed by atoms with van der Waals surface area (Å²) in [6, 6.07) is 8.91. The van der Waals surface area contributed by atoms with E-state index in [9.17, 15) is 4.79 Å². The highest BCUT2D eigenvalue weighted by molar-refractivity contribution is 5.89. The van der Waals surface area contributed by atoms with Crippen molar-refractivity contribution in [3.63, 3.8) is 0 Å². The summed E-state index contributed by atoms with van der Waals surface area (Å²) in [4.78, 5) is 11.8. The molecular formula is C15H18O5. The first-order valence-electron chi connectivity index (χ1n) is 6.77. The number of carbonyl (C=O) groups is 1. The zero-order valence-electron chi connectivity index (χ0n) is 11.6. The van der Waals surface area contributed by atoms with E-state index in [-0.39, 0.29) is 31.1 Å². The fourth-order valence-corrected chi connectivity index (χ4v) is 2.52. The molecule has 2 aliphatic heterocycles. The van der Waals surface area contributed by atoms with Crippen molar-refractivity contribution in [1.82, 2.24) is 0 Å². The van der Waals surface area contributed by atoms with Crippen LogP contribution in [0.15, 0.2) is 30.3 Å². The zero-order valence-corrected chi connectivity index (χ0v) is 11.6. The van der Waals surface area contributed by atoms with Crippen LogP contribution in [-0.4, -0.2) is 36.9 Å². The quantitative estimate of drug-likeness (QED) is 0.793. The van der Waals surface area contributed by atoms with E-state index >= 15 is 0 Å². The molecule has 3 rings (SSSR count). The third kappa shape index (κ3) is 2.85. The van der Waals surface area contributed by atoms with Crippen LogP contribution in [0.2, 0.25) is 0 Å². The van der Waals surface area contributed by atoms with Gasteiger partial charge in [-0.05, 0) is 26.0 Å². The second kappa shape index (κ2) is 5.16. The Bertz CT molecular complexity index is 468. The van der Waals surface area contributed by atoms with E-state index in [2.05, 4.69) is 0 Å². The zero-order chi connectivity index (χ0) is 14.2. The molecule has 1 aromatic rings. The molecule has 0 spiro atoms. The number of benzene rings is 1. The average Bonchev–Trinajstić information content (AvgIpc) is 2.90. The fraction of sp³-hybridized carbons (Fsp3) is 0.533. The SMILES string of the molecule is CC1(C)OC2C[C@@H](COC(=O)c3ccccc3)O[C@H]2O1. The lowest BCUT2D eigenvalue weighted by Gasteiger charge is -2.20. The maximum atomic E-state index is 11.8. The van der Waals surface area contributed by atoms with E-state index in [1.807, 2.05) is 19.9 Å². The highest BCUT2D eigenvalue weighted by Crippen LogP contribution is 2.37. The van der Waals surface area contributed by atoms with Gasteiger partial charge in [0.05, 0.1) is 11.7 Å². The summed E-state index contributed by atoms with van der Waals surface area (Å²) in [5.74, 6) is -0.936. The van der Waals surface area contributed by atoms with E-state index in [4.69, 9.17) is 18.9 Å². The second-order valence-electron chi connectivity index (χ2n) is 5.50. The van der Waals surface area contributed by atoms with Gasteiger partial charge in [0.2, 0.25) is 0 Å². The van der Waals surface area contributed by atoms with Crippen LogP contribution in [0.1, 0.15) is 30.6 Å². The van der Waals surface area contributed by atoms with Gasteiger partial charge in [-0.3, -0.25) is 0 Å². The van der Waals surface area contributed by atoms with Crippen LogP contribution in [0.3, 0.4) is 0 Å². The van der Waals surface area contributed by atoms with Gasteiger partial charge in [0.25, 0.3) is 0 Å². The molecule has 0 saturated carbocycles. The van der Waals surface area contributed by atoms with Crippen LogP contribution in [0.5, 0.6) is 0 Å². The summed E-state index contributed by atoms with van der Waals surface area (Å²) in [6.45, 7) is 3.94. The Kier molecular flexibility index (Phi) is 3.50.